The van der Waals surface area contributed by atoms with Crippen molar-refractivity contribution in [2.24, 2.45) is 17.3 Å². The summed E-state index contributed by atoms with van der Waals surface area (Å²) in [6, 6.07) is 0. The lowest BCUT2D eigenvalue weighted by Gasteiger charge is -2.45. The maximum Gasteiger partial charge on any atom is 0.309 e. The number of aromatic nitrogens is 1. The van der Waals surface area contributed by atoms with Crippen molar-refractivity contribution in [3.8, 4) is 0 Å². The van der Waals surface area contributed by atoms with Gasteiger partial charge in [0.25, 0.3) is 0 Å². The summed E-state index contributed by atoms with van der Waals surface area (Å²) in [5, 5.41) is 23.6. The number of ketones is 1. The summed E-state index contributed by atoms with van der Waals surface area (Å²) >= 11 is 3.16. The van der Waals surface area contributed by atoms with Gasteiger partial charge in [0.1, 0.15) is 16.2 Å². The highest BCUT2D eigenvalue weighted by Crippen LogP contribution is 2.44. The van der Waals surface area contributed by atoms with Crippen LogP contribution in [0.3, 0.4) is 0 Å². The molecule has 1 aliphatic heterocycles. The van der Waals surface area contributed by atoms with Gasteiger partial charge in [-0.05, 0) is 56.4 Å². The number of esters is 1. The molecule has 0 amide bonds. The first-order valence-electron chi connectivity index (χ1n) is 11.6. The lowest BCUT2D eigenvalue weighted by Crippen LogP contribution is -2.54. The van der Waals surface area contributed by atoms with Crippen molar-refractivity contribution in [1.29, 1.82) is 0 Å². The topological polar surface area (TPSA) is 96.7 Å². The molecule has 8 heteroatoms. The Balaban J connectivity index is 1.82. The molecule has 0 aromatic carbocycles. The third kappa shape index (κ3) is 6.15. The molecule has 1 aromatic rings. The number of aliphatic hydroxyl groups excluding tert-OH is 2. The minimum atomic E-state index is -1.15. The molecule has 0 spiro atoms. The summed E-state index contributed by atoms with van der Waals surface area (Å²) in [5.41, 5.74) is 0.641. The van der Waals surface area contributed by atoms with Crippen molar-refractivity contribution < 1.29 is 24.5 Å². The van der Waals surface area contributed by atoms with Crippen LogP contribution in [0.5, 0.6) is 0 Å². The number of rotatable bonds is 3. The van der Waals surface area contributed by atoms with E-state index in [1.165, 1.54) is 0 Å². The van der Waals surface area contributed by atoms with Gasteiger partial charge in [0.15, 0.2) is 0 Å². The number of cyclic esters (lactones) is 1. The molecule has 0 saturated heterocycles. The first kappa shape index (κ1) is 26.1. The molecule has 2 aliphatic rings. The average molecular weight is 494 g/mol. The standard InChI is InChI=1S/C25H35NO5S2/c1-15(11-18-14-33-24(26-18)32-4)19-10-8-6-5-7-9-17-13-25(3,20(27)12-21(28)31-19)23(30)16(2)22(17)29/h6,8,11,14,16-17,19-20,22,27,29H,5,7,9-10,12-13H2,1-4H3/b8-6-,15-11+/t16-,17-,19+,20+,22-,25-/m1/s1. The molecule has 0 radical (unpaired) electrons. The fourth-order valence-corrected chi connectivity index (χ4v) is 6.16. The van der Waals surface area contributed by atoms with E-state index in [0.29, 0.717) is 12.8 Å². The van der Waals surface area contributed by atoms with Crippen LogP contribution in [-0.2, 0) is 14.3 Å². The third-order valence-corrected chi connectivity index (χ3v) is 8.93. The van der Waals surface area contributed by atoms with E-state index in [-0.39, 0.29) is 18.1 Å². The predicted molar refractivity (Wildman–Crippen MR) is 132 cm³/mol. The molecule has 6 atom stereocenters. The third-order valence-electron chi connectivity index (χ3n) is 7.05. The SMILES string of the molecule is CSc1nc(/C=C(\C)[C@@H]2C/C=C\CCC[C@@H]3C[C@@](C)(C(=O)[C@H](C)[C@H]3O)[C@@H](O)CC(=O)O2)cs1. The van der Waals surface area contributed by atoms with Crippen LogP contribution in [0.15, 0.2) is 27.4 Å². The highest BCUT2D eigenvalue weighted by atomic mass is 32.2. The summed E-state index contributed by atoms with van der Waals surface area (Å²) < 4.78 is 6.77. The van der Waals surface area contributed by atoms with Gasteiger partial charge in [0.05, 0.1) is 29.7 Å². The zero-order valence-electron chi connectivity index (χ0n) is 19.8. The first-order valence-corrected chi connectivity index (χ1v) is 13.7. The van der Waals surface area contributed by atoms with Crippen LogP contribution >= 0.6 is 23.1 Å². The number of nitrogens with zero attached hydrogens (tertiary/aromatic N) is 1. The maximum atomic E-state index is 13.0. The average Bonchev–Trinajstić information content (AvgIpc) is 3.23. The molecular formula is C25H35NO5S2. The Morgan fingerprint density at radius 2 is 2.09 bits per heavy atom. The quantitative estimate of drug-likeness (QED) is 0.359. The molecule has 1 saturated carbocycles. The van der Waals surface area contributed by atoms with Gasteiger partial charge in [-0.25, -0.2) is 4.98 Å². The van der Waals surface area contributed by atoms with E-state index in [4.69, 9.17) is 4.74 Å². The zero-order valence-corrected chi connectivity index (χ0v) is 21.5. The number of aliphatic hydroxyl groups is 2. The summed E-state index contributed by atoms with van der Waals surface area (Å²) in [7, 11) is 0. The van der Waals surface area contributed by atoms with Gasteiger partial charge in [0, 0.05) is 17.7 Å². The van der Waals surface area contributed by atoms with Gasteiger partial charge >= 0.3 is 5.97 Å². The normalized spacial score (nSPS) is 35.6. The van der Waals surface area contributed by atoms with E-state index in [1.807, 2.05) is 30.7 Å². The van der Waals surface area contributed by atoms with E-state index >= 15 is 0 Å². The number of hydrogen-bond donors (Lipinski definition) is 2. The highest BCUT2D eigenvalue weighted by Gasteiger charge is 2.51. The molecule has 2 bridgehead atoms. The van der Waals surface area contributed by atoms with Crippen LogP contribution < -0.4 is 0 Å². The Morgan fingerprint density at radius 1 is 1.33 bits per heavy atom. The minimum Gasteiger partial charge on any atom is -0.457 e. The fourth-order valence-electron chi connectivity index (χ4n) is 4.93. The van der Waals surface area contributed by atoms with Gasteiger partial charge in [0.2, 0.25) is 0 Å². The lowest BCUT2D eigenvalue weighted by molar-refractivity contribution is -0.161. The Hall–Kier alpha value is -1.48. The van der Waals surface area contributed by atoms with Crippen molar-refractivity contribution in [2.75, 3.05) is 6.26 Å². The number of carbonyl (C=O) groups is 2. The molecule has 3 rings (SSSR count). The second kappa shape index (κ2) is 11.3. The van der Waals surface area contributed by atoms with Gasteiger partial charge in [-0.2, -0.15) is 0 Å². The Kier molecular flexibility index (Phi) is 8.95. The van der Waals surface area contributed by atoms with Crippen LogP contribution in [-0.4, -0.2) is 51.5 Å². The fraction of sp³-hybridized carbons (Fsp3) is 0.640. The number of Topliss-reactive ketones (excluding diaryl/α,β-unsaturated/α-hetero) is 1. The first-order chi connectivity index (χ1) is 15.7. The molecular weight excluding hydrogens is 458 g/mol. The molecule has 1 fully saturated rings. The van der Waals surface area contributed by atoms with E-state index in [1.54, 1.807) is 36.9 Å². The Labute approximate surface area is 204 Å². The Morgan fingerprint density at radius 3 is 2.79 bits per heavy atom. The smallest absolute Gasteiger partial charge is 0.309 e. The van der Waals surface area contributed by atoms with E-state index in [2.05, 4.69) is 11.1 Å². The molecule has 1 aliphatic carbocycles. The molecule has 0 unspecified atom stereocenters. The largest absolute Gasteiger partial charge is 0.457 e. The van der Waals surface area contributed by atoms with Crippen molar-refractivity contribution in [3.05, 3.63) is 28.8 Å². The number of fused-ring (bicyclic) bond motifs is 2. The van der Waals surface area contributed by atoms with Gasteiger partial charge in [-0.15, -0.1) is 11.3 Å². The molecule has 33 heavy (non-hydrogen) atoms. The summed E-state index contributed by atoms with van der Waals surface area (Å²) in [4.78, 5) is 30.4. The van der Waals surface area contributed by atoms with Gasteiger partial charge in [-0.3, -0.25) is 9.59 Å². The summed E-state index contributed by atoms with van der Waals surface area (Å²) in [6.07, 6.45) is 8.87. The number of ether oxygens (including phenoxy) is 1. The van der Waals surface area contributed by atoms with Crippen LogP contribution in [0.4, 0.5) is 0 Å². The van der Waals surface area contributed by atoms with Crippen molar-refractivity contribution >= 4 is 40.9 Å². The summed E-state index contributed by atoms with van der Waals surface area (Å²) in [6.45, 7) is 5.36. The highest BCUT2D eigenvalue weighted by molar-refractivity contribution is 8.00. The lowest BCUT2D eigenvalue weighted by atomic mass is 9.60. The predicted octanol–water partition coefficient (Wildman–Crippen LogP) is 4.65. The van der Waals surface area contributed by atoms with Crippen molar-refractivity contribution in [2.45, 2.75) is 81.9 Å². The van der Waals surface area contributed by atoms with Gasteiger partial charge < -0.3 is 14.9 Å². The van der Waals surface area contributed by atoms with E-state index < -0.39 is 35.6 Å². The van der Waals surface area contributed by atoms with Gasteiger partial charge in [-0.1, -0.05) is 37.8 Å². The number of carbonyl (C=O) groups excluding carboxylic acids is 2. The Bertz CT molecular complexity index is 910. The number of allylic oxidation sites excluding steroid dienone is 1. The number of thiazole rings is 1. The molecule has 2 N–H and O–H groups in total. The monoisotopic (exact) mass is 493 g/mol. The maximum absolute atomic E-state index is 13.0. The van der Waals surface area contributed by atoms with Crippen LogP contribution in [0.25, 0.3) is 6.08 Å². The van der Waals surface area contributed by atoms with E-state index in [9.17, 15) is 19.8 Å². The molecule has 182 valence electrons. The van der Waals surface area contributed by atoms with E-state index in [0.717, 1.165) is 34.9 Å². The molecule has 6 nitrogen and oxygen atoms in total. The number of thioether (sulfide) groups is 1. The summed E-state index contributed by atoms with van der Waals surface area (Å²) in [5.74, 6) is -1.35. The molecule has 2 heterocycles. The van der Waals surface area contributed by atoms with Crippen LogP contribution in [0.1, 0.15) is 65.0 Å². The number of hydrogen-bond acceptors (Lipinski definition) is 8. The van der Waals surface area contributed by atoms with Crippen LogP contribution in [0, 0.1) is 17.3 Å². The minimum absolute atomic E-state index is 0.0769. The molecule has 1 aromatic heterocycles. The van der Waals surface area contributed by atoms with Crippen LogP contribution in [0.2, 0.25) is 0 Å². The second-order valence-electron chi connectivity index (χ2n) is 9.49. The van der Waals surface area contributed by atoms with Crippen molar-refractivity contribution in [3.63, 3.8) is 0 Å². The second-order valence-corrected chi connectivity index (χ2v) is 11.4. The van der Waals surface area contributed by atoms with Crippen molar-refractivity contribution in [1.82, 2.24) is 4.98 Å². The zero-order chi connectivity index (χ0) is 24.2.